The third-order valence-corrected chi connectivity index (χ3v) is 6.50. The van der Waals surface area contributed by atoms with E-state index in [2.05, 4.69) is 10.3 Å². The maximum atomic E-state index is 12.8. The molecule has 0 spiro atoms. The lowest BCUT2D eigenvalue weighted by Crippen LogP contribution is -2.35. The number of sulfonamides is 1. The quantitative estimate of drug-likeness (QED) is 0.610. The standard InChI is InChI=1S/C20H26N4O2S/c1-16-8-10-18(11-9-16)23-20(21)22-15-17-6-5-7-19(14-17)27(25,26)24-12-3-2-4-13-24/h5-11,14H,2-4,12-13,15H2,1H3,(H3,21,22,23). The normalized spacial score (nSPS) is 16.3. The van der Waals surface area contributed by atoms with Gasteiger partial charge in [0.1, 0.15) is 0 Å². The van der Waals surface area contributed by atoms with E-state index in [0.29, 0.717) is 30.5 Å². The molecule has 27 heavy (non-hydrogen) atoms. The Morgan fingerprint density at radius 3 is 2.52 bits per heavy atom. The average molecular weight is 387 g/mol. The molecule has 1 aliphatic heterocycles. The highest BCUT2D eigenvalue weighted by atomic mass is 32.2. The van der Waals surface area contributed by atoms with Crippen molar-refractivity contribution < 1.29 is 8.42 Å². The molecule has 0 unspecified atom stereocenters. The van der Waals surface area contributed by atoms with E-state index in [4.69, 9.17) is 5.73 Å². The van der Waals surface area contributed by atoms with Crippen LogP contribution in [0.1, 0.15) is 30.4 Å². The molecule has 0 aromatic heterocycles. The fourth-order valence-corrected chi connectivity index (χ4v) is 4.65. The molecule has 144 valence electrons. The molecular weight excluding hydrogens is 360 g/mol. The van der Waals surface area contributed by atoms with Gasteiger partial charge in [0, 0.05) is 18.8 Å². The molecule has 2 aromatic carbocycles. The van der Waals surface area contributed by atoms with Gasteiger partial charge in [0.2, 0.25) is 10.0 Å². The number of nitrogens with two attached hydrogens (primary N) is 1. The number of nitrogens with one attached hydrogen (secondary N) is 1. The fourth-order valence-electron chi connectivity index (χ4n) is 3.06. The summed E-state index contributed by atoms with van der Waals surface area (Å²) in [5.41, 5.74) is 8.79. The molecule has 0 bridgehead atoms. The molecule has 3 N–H and O–H groups in total. The van der Waals surface area contributed by atoms with Gasteiger partial charge in [0.25, 0.3) is 0 Å². The zero-order valence-electron chi connectivity index (χ0n) is 15.6. The Kier molecular flexibility index (Phi) is 6.13. The molecule has 1 aliphatic rings. The van der Waals surface area contributed by atoms with Crippen molar-refractivity contribution in [2.24, 2.45) is 10.7 Å². The molecule has 0 amide bonds. The van der Waals surface area contributed by atoms with Crippen LogP contribution in [0.3, 0.4) is 0 Å². The van der Waals surface area contributed by atoms with Crippen molar-refractivity contribution in [2.75, 3.05) is 18.4 Å². The summed E-state index contributed by atoms with van der Waals surface area (Å²) in [5.74, 6) is 0.295. The number of aryl methyl sites for hydroxylation is 1. The number of rotatable bonds is 5. The molecule has 1 saturated heterocycles. The number of hydrogen-bond acceptors (Lipinski definition) is 3. The van der Waals surface area contributed by atoms with Gasteiger partial charge in [-0.2, -0.15) is 4.31 Å². The van der Waals surface area contributed by atoms with E-state index < -0.39 is 10.0 Å². The van der Waals surface area contributed by atoms with Gasteiger partial charge in [-0.15, -0.1) is 0 Å². The first-order valence-electron chi connectivity index (χ1n) is 9.18. The predicted molar refractivity (Wildman–Crippen MR) is 109 cm³/mol. The maximum Gasteiger partial charge on any atom is 0.243 e. The summed E-state index contributed by atoms with van der Waals surface area (Å²) < 4.78 is 27.2. The minimum absolute atomic E-state index is 0.295. The predicted octanol–water partition coefficient (Wildman–Crippen LogP) is 3.10. The molecule has 0 aliphatic carbocycles. The summed E-state index contributed by atoms with van der Waals surface area (Å²) in [4.78, 5) is 4.64. The van der Waals surface area contributed by atoms with Crippen LogP contribution >= 0.6 is 0 Å². The first kappa shape index (κ1) is 19.4. The molecule has 3 rings (SSSR count). The average Bonchev–Trinajstić information content (AvgIpc) is 2.69. The van der Waals surface area contributed by atoms with Gasteiger partial charge in [-0.1, -0.05) is 36.2 Å². The Balaban J connectivity index is 1.69. The van der Waals surface area contributed by atoms with E-state index in [9.17, 15) is 8.42 Å². The largest absolute Gasteiger partial charge is 0.370 e. The van der Waals surface area contributed by atoms with Crippen LogP contribution < -0.4 is 11.1 Å². The first-order chi connectivity index (χ1) is 12.9. The van der Waals surface area contributed by atoms with E-state index in [-0.39, 0.29) is 0 Å². The molecule has 1 fully saturated rings. The van der Waals surface area contributed by atoms with Crippen LogP contribution in [-0.2, 0) is 16.6 Å². The van der Waals surface area contributed by atoms with Crippen molar-refractivity contribution in [3.05, 3.63) is 59.7 Å². The van der Waals surface area contributed by atoms with Crippen molar-refractivity contribution in [3.63, 3.8) is 0 Å². The number of guanidine groups is 1. The Morgan fingerprint density at radius 1 is 1.11 bits per heavy atom. The smallest absolute Gasteiger partial charge is 0.243 e. The number of anilines is 1. The zero-order chi connectivity index (χ0) is 19.3. The minimum Gasteiger partial charge on any atom is -0.370 e. The highest BCUT2D eigenvalue weighted by Gasteiger charge is 2.25. The fraction of sp³-hybridized carbons (Fsp3) is 0.350. The van der Waals surface area contributed by atoms with Gasteiger partial charge in [-0.05, 0) is 49.6 Å². The van der Waals surface area contributed by atoms with Gasteiger partial charge in [0.15, 0.2) is 5.96 Å². The monoisotopic (exact) mass is 386 g/mol. The van der Waals surface area contributed by atoms with E-state index >= 15 is 0 Å². The number of benzene rings is 2. The molecule has 0 atom stereocenters. The van der Waals surface area contributed by atoms with Gasteiger partial charge < -0.3 is 11.1 Å². The van der Waals surface area contributed by atoms with E-state index in [1.54, 1.807) is 22.5 Å². The van der Waals surface area contributed by atoms with Crippen molar-refractivity contribution in [3.8, 4) is 0 Å². The molecule has 7 heteroatoms. The Hall–Kier alpha value is -2.38. The molecule has 0 radical (unpaired) electrons. The molecular formula is C20H26N4O2S. The van der Waals surface area contributed by atoms with Crippen molar-refractivity contribution in [2.45, 2.75) is 37.6 Å². The third-order valence-electron chi connectivity index (χ3n) is 4.61. The second-order valence-electron chi connectivity index (χ2n) is 6.80. The van der Waals surface area contributed by atoms with Gasteiger partial charge >= 0.3 is 0 Å². The van der Waals surface area contributed by atoms with Crippen LogP contribution in [0.15, 0.2) is 58.4 Å². The van der Waals surface area contributed by atoms with Crippen LogP contribution in [0.5, 0.6) is 0 Å². The number of aliphatic imine (C=N–C) groups is 1. The van der Waals surface area contributed by atoms with Gasteiger partial charge in [-0.25, -0.2) is 13.4 Å². The van der Waals surface area contributed by atoms with E-state index in [1.165, 1.54) is 5.56 Å². The zero-order valence-corrected chi connectivity index (χ0v) is 16.4. The van der Waals surface area contributed by atoms with Crippen molar-refractivity contribution in [1.82, 2.24) is 4.31 Å². The topological polar surface area (TPSA) is 87.8 Å². The van der Waals surface area contributed by atoms with Gasteiger partial charge in [-0.3, -0.25) is 0 Å². The maximum absolute atomic E-state index is 12.8. The van der Waals surface area contributed by atoms with Crippen molar-refractivity contribution in [1.29, 1.82) is 0 Å². The lowest BCUT2D eigenvalue weighted by Gasteiger charge is -2.26. The number of nitrogens with zero attached hydrogens (tertiary/aromatic N) is 2. The summed E-state index contributed by atoms with van der Waals surface area (Å²) in [7, 11) is -3.44. The number of piperidine rings is 1. The van der Waals surface area contributed by atoms with Crippen LogP contribution in [0.2, 0.25) is 0 Å². The first-order valence-corrected chi connectivity index (χ1v) is 10.6. The van der Waals surface area contributed by atoms with Crippen LogP contribution in [-0.4, -0.2) is 31.8 Å². The van der Waals surface area contributed by atoms with Crippen LogP contribution in [0.25, 0.3) is 0 Å². The van der Waals surface area contributed by atoms with E-state index in [1.807, 2.05) is 37.3 Å². The molecule has 1 heterocycles. The highest BCUT2D eigenvalue weighted by molar-refractivity contribution is 7.89. The van der Waals surface area contributed by atoms with Crippen LogP contribution in [0.4, 0.5) is 5.69 Å². The third kappa shape index (κ3) is 5.08. The number of hydrogen-bond donors (Lipinski definition) is 2. The second kappa shape index (κ2) is 8.54. The molecule has 0 saturated carbocycles. The minimum atomic E-state index is -3.44. The Labute approximate surface area is 161 Å². The lowest BCUT2D eigenvalue weighted by atomic mass is 10.2. The summed E-state index contributed by atoms with van der Waals surface area (Å²) in [6.07, 6.45) is 2.93. The summed E-state index contributed by atoms with van der Waals surface area (Å²) >= 11 is 0. The Bertz CT molecular complexity index is 902. The van der Waals surface area contributed by atoms with E-state index in [0.717, 1.165) is 30.5 Å². The van der Waals surface area contributed by atoms with Gasteiger partial charge in [0.05, 0.1) is 11.4 Å². The Morgan fingerprint density at radius 2 is 1.81 bits per heavy atom. The SMILES string of the molecule is Cc1ccc(NC(N)=NCc2cccc(S(=O)(=O)N3CCCCC3)c2)cc1. The summed E-state index contributed by atoms with van der Waals surface area (Å²) in [6.45, 7) is 3.52. The second-order valence-corrected chi connectivity index (χ2v) is 8.74. The summed E-state index contributed by atoms with van der Waals surface area (Å²) in [5, 5.41) is 3.04. The summed E-state index contributed by atoms with van der Waals surface area (Å²) in [6, 6.07) is 14.8. The van der Waals surface area contributed by atoms with Crippen molar-refractivity contribution >= 4 is 21.7 Å². The highest BCUT2D eigenvalue weighted by Crippen LogP contribution is 2.21. The van der Waals surface area contributed by atoms with Crippen LogP contribution in [0, 0.1) is 6.92 Å². The molecule has 2 aromatic rings. The lowest BCUT2D eigenvalue weighted by molar-refractivity contribution is 0.346. The molecule has 6 nitrogen and oxygen atoms in total.